The van der Waals surface area contributed by atoms with E-state index in [9.17, 15) is 27.6 Å². The van der Waals surface area contributed by atoms with Crippen molar-refractivity contribution in [1.29, 1.82) is 5.41 Å². The Bertz CT molecular complexity index is 995. The lowest BCUT2D eigenvalue weighted by atomic mass is 9.87. The molecule has 4 N–H and O–H groups in total. The number of imide groups is 1. The summed E-state index contributed by atoms with van der Waals surface area (Å²) in [7, 11) is 1.59. The molecule has 0 radical (unpaired) electrons. The van der Waals surface area contributed by atoms with Gasteiger partial charge in [0.05, 0.1) is 16.3 Å². The standard InChI is InChI=1S/C19H19ClF3N5O3/c1-25-5-3-14(24)18(16(30)26-17(31)27-18)4-2-15(29)28-8-10-6-12(19(21,22)23)13(20)7-11(10)9-28/h3,5-7,24-25H,2,4,8-9H2,1H3,(H2,26,27,30,31)/b5-3-,24-14?. The summed E-state index contributed by atoms with van der Waals surface area (Å²) in [5.41, 5.74) is -2.03. The van der Waals surface area contributed by atoms with Gasteiger partial charge in [-0.3, -0.25) is 14.9 Å². The normalized spacial score (nSPS) is 20.6. The van der Waals surface area contributed by atoms with E-state index in [0.29, 0.717) is 11.1 Å². The van der Waals surface area contributed by atoms with Gasteiger partial charge in [-0.25, -0.2) is 4.79 Å². The summed E-state index contributed by atoms with van der Waals surface area (Å²) >= 11 is 5.75. The average molecular weight is 458 g/mol. The second-order valence-electron chi connectivity index (χ2n) is 7.20. The quantitative estimate of drug-likeness (QED) is 0.387. The van der Waals surface area contributed by atoms with E-state index in [-0.39, 0.29) is 31.6 Å². The van der Waals surface area contributed by atoms with Crippen molar-refractivity contribution in [2.75, 3.05) is 7.05 Å². The molecule has 0 bridgehead atoms. The number of rotatable bonds is 6. The Kier molecular flexibility index (Phi) is 5.99. The first-order valence-corrected chi connectivity index (χ1v) is 9.58. The Hall–Kier alpha value is -3.08. The molecule has 12 heteroatoms. The van der Waals surface area contributed by atoms with E-state index in [2.05, 4.69) is 16.0 Å². The van der Waals surface area contributed by atoms with Gasteiger partial charge in [-0.15, -0.1) is 0 Å². The van der Waals surface area contributed by atoms with Crippen LogP contribution < -0.4 is 16.0 Å². The average Bonchev–Trinajstić information content (AvgIpc) is 3.22. The summed E-state index contributed by atoms with van der Waals surface area (Å²) in [4.78, 5) is 38.1. The molecule has 2 heterocycles. The first kappa shape index (κ1) is 22.6. The van der Waals surface area contributed by atoms with Crippen LogP contribution in [-0.4, -0.2) is 41.0 Å². The van der Waals surface area contributed by atoms with Gasteiger partial charge >= 0.3 is 12.2 Å². The van der Waals surface area contributed by atoms with Gasteiger partial charge < -0.3 is 20.9 Å². The molecule has 4 amide bonds. The molecule has 2 aliphatic heterocycles. The number of hydrogen-bond donors (Lipinski definition) is 4. The van der Waals surface area contributed by atoms with Crippen LogP contribution in [0.4, 0.5) is 18.0 Å². The maximum atomic E-state index is 13.1. The third-order valence-electron chi connectivity index (χ3n) is 5.20. The van der Waals surface area contributed by atoms with Gasteiger partial charge in [-0.2, -0.15) is 13.2 Å². The smallest absolute Gasteiger partial charge is 0.394 e. The molecule has 0 saturated carbocycles. The highest BCUT2D eigenvalue weighted by Crippen LogP contribution is 2.38. The predicted octanol–water partition coefficient (Wildman–Crippen LogP) is 2.31. The highest BCUT2D eigenvalue weighted by Gasteiger charge is 2.49. The van der Waals surface area contributed by atoms with E-state index in [1.807, 2.05) is 0 Å². The fourth-order valence-electron chi connectivity index (χ4n) is 3.57. The number of carbonyl (C=O) groups excluding carboxylic acids is 3. The summed E-state index contributed by atoms with van der Waals surface area (Å²) < 4.78 is 39.2. The second kappa shape index (κ2) is 8.22. The fourth-order valence-corrected chi connectivity index (χ4v) is 3.86. The van der Waals surface area contributed by atoms with Crippen molar-refractivity contribution in [2.45, 2.75) is 37.6 Å². The lowest BCUT2D eigenvalue weighted by Gasteiger charge is -2.26. The van der Waals surface area contributed by atoms with Gasteiger partial charge in [0.15, 0.2) is 5.54 Å². The maximum Gasteiger partial charge on any atom is 0.417 e. The summed E-state index contributed by atoms with van der Waals surface area (Å²) in [6.07, 6.45) is -2.30. The molecular weight excluding hydrogens is 439 g/mol. The molecule has 3 rings (SSSR count). The summed E-state index contributed by atoms with van der Waals surface area (Å²) in [6.45, 7) is 0.0474. The topological polar surface area (TPSA) is 114 Å². The highest BCUT2D eigenvalue weighted by atomic mass is 35.5. The van der Waals surface area contributed by atoms with Crippen LogP contribution in [-0.2, 0) is 28.9 Å². The van der Waals surface area contributed by atoms with Crippen LogP contribution >= 0.6 is 11.6 Å². The molecule has 1 aromatic rings. The lowest BCUT2D eigenvalue weighted by Crippen LogP contribution is -2.53. The summed E-state index contributed by atoms with van der Waals surface area (Å²) in [5.74, 6) is -1.18. The van der Waals surface area contributed by atoms with Crippen LogP contribution in [0.15, 0.2) is 24.4 Å². The summed E-state index contributed by atoms with van der Waals surface area (Å²) in [6, 6.07) is 1.37. The Morgan fingerprint density at radius 1 is 1.32 bits per heavy atom. The third-order valence-corrected chi connectivity index (χ3v) is 5.51. The molecule has 166 valence electrons. The summed E-state index contributed by atoms with van der Waals surface area (Å²) in [5, 5.41) is 14.9. The number of urea groups is 1. The largest absolute Gasteiger partial charge is 0.417 e. The second-order valence-corrected chi connectivity index (χ2v) is 7.60. The van der Waals surface area contributed by atoms with Gasteiger partial charge in [-0.1, -0.05) is 11.6 Å². The molecule has 1 saturated heterocycles. The molecule has 31 heavy (non-hydrogen) atoms. The van der Waals surface area contributed by atoms with Gasteiger partial charge in [0.25, 0.3) is 5.91 Å². The van der Waals surface area contributed by atoms with E-state index in [1.54, 1.807) is 7.05 Å². The number of alkyl halides is 3. The van der Waals surface area contributed by atoms with Crippen molar-refractivity contribution in [3.63, 3.8) is 0 Å². The van der Waals surface area contributed by atoms with Crippen LogP contribution in [0.1, 0.15) is 29.5 Å². The van der Waals surface area contributed by atoms with Crippen molar-refractivity contribution in [1.82, 2.24) is 20.9 Å². The number of nitrogens with one attached hydrogen (secondary N) is 4. The van der Waals surface area contributed by atoms with E-state index >= 15 is 0 Å². The minimum atomic E-state index is -4.61. The minimum Gasteiger partial charge on any atom is -0.394 e. The van der Waals surface area contributed by atoms with Crippen molar-refractivity contribution in [2.24, 2.45) is 0 Å². The number of fused-ring (bicyclic) bond motifs is 1. The highest BCUT2D eigenvalue weighted by molar-refractivity contribution is 6.31. The zero-order valence-corrected chi connectivity index (χ0v) is 17.1. The third kappa shape index (κ3) is 4.36. The van der Waals surface area contributed by atoms with Crippen molar-refractivity contribution in [3.05, 3.63) is 46.1 Å². The molecule has 1 aromatic carbocycles. The first-order valence-electron chi connectivity index (χ1n) is 9.20. The van der Waals surface area contributed by atoms with E-state index in [1.165, 1.54) is 23.2 Å². The van der Waals surface area contributed by atoms with Crippen LogP contribution in [0.3, 0.4) is 0 Å². The van der Waals surface area contributed by atoms with Crippen LogP contribution in [0.5, 0.6) is 0 Å². The zero-order valence-electron chi connectivity index (χ0n) is 16.3. The van der Waals surface area contributed by atoms with Gasteiger partial charge in [-0.05, 0) is 42.0 Å². The maximum absolute atomic E-state index is 13.1. The van der Waals surface area contributed by atoms with Crippen molar-refractivity contribution < 1.29 is 27.6 Å². The molecule has 1 unspecified atom stereocenters. The Morgan fingerprint density at radius 3 is 2.52 bits per heavy atom. The molecule has 0 aliphatic carbocycles. The first-order chi connectivity index (χ1) is 14.5. The Labute approximate surface area is 180 Å². The molecular formula is C19H19ClF3N5O3. The van der Waals surface area contributed by atoms with Gasteiger partial charge in [0, 0.05) is 26.6 Å². The van der Waals surface area contributed by atoms with E-state index < -0.39 is 40.1 Å². The van der Waals surface area contributed by atoms with Gasteiger partial charge in [0.1, 0.15) is 0 Å². The fraction of sp³-hybridized carbons (Fsp3) is 0.368. The molecule has 1 atom stereocenters. The van der Waals surface area contributed by atoms with Crippen LogP contribution in [0.25, 0.3) is 0 Å². The lowest BCUT2D eigenvalue weighted by molar-refractivity contribution is -0.137. The van der Waals surface area contributed by atoms with Crippen molar-refractivity contribution >= 4 is 35.2 Å². The number of hydrogen-bond acceptors (Lipinski definition) is 5. The molecule has 8 nitrogen and oxygen atoms in total. The number of nitrogens with zero attached hydrogens (tertiary/aromatic N) is 1. The molecule has 0 aromatic heterocycles. The van der Waals surface area contributed by atoms with Crippen molar-refractivity contribution in [3.8, 4) is 0 Å². The number of carbonyl (C=O) groups is 3. The van der Waals surface area contributed by atoms with E-state index in [4.69, 9.17) is 17.0 Å². The molecule has 2 aliphatic rings. The Balaban J connectivity index is 1.73. The molecule has 0 spiro atoms. The zero-order chi connectivity index (χ0) is 23.0. The van der Waals surface area contributed by atoms with Crippen LogP contribution in [0, 0.1) is 5.41 Å². The number of halogens is 4. The van der Waals surface area contributed by atoms with Gasteiger partial charge in [0.2, 0.25) is 5.91 Å². The SMILES string of the molecule is CN/C=C\C(=N)C1(CCC(=O)N2Cc3cc(Cl)c(C(F)(F)F)cc3C2)NC(=O)NC1=O. The molecule has 1 fully saturated rings. The number of benzene rings is 1. The Morgan fingerprint density at radius 2 is 1.97 bits per heavy atom. The van der Waals surface area contributed by atoms with E-state index in [0.717, 1.165) is 6.07 Å². The monoisotopic (exact) mass is 457 g/mol. The minimum absolute atomic E-state index is 0.0307. The number of amides is 4. The van der Waals surface area contributed by atoms with Crippen LogP contribution in [0.2, 0.25) is 5.02 Å². The predicted molar refractivity (Wildman–Crippen MR) is 105 cm³/mol.